The van der Waals surface area contributed by atoms with Gasteiger partial charge in [0.25, 0.3) is 5.91 Å². The van der Waals surface area contributed by atoms with Gasteiger partial charge in [-0.25, -0.2) is 4.98 Å². The van der Waals surface area contributed by atoms with Gasteiger partial charge in [0.1, 0.15) is 17.3 Å². The third-order valence-corrected chi connectivity index (χ3v) is 3.80. The van der Waals surface area contributed by atoms with Crippen molar-refractivity contribution in [3.63, 3.8) is 0 Å². The number of ether oxygens (including phenoxy) is 2. The average Bonchev–Trinajstić information content (AvgIpc) is 2.71. The number of hydrogen-bond acceptors (Lipinski definition) is 5. The molecule has 0 atom stereocenters. The summed E-state index contributed by atoms with van der Waals surface area (Å²) in [5.74, 6) is 1.62. The molecule has 0 unspecified atom stereocenters. The highest BCUT2D eigenvalue weighted by Crippen LogP contribution is 2.27. The molecule has 1 amide bonds. The topological polar surface area (TPSA) is 72.5 Å². The van der Waals surface area contributed by atoms with Crippen LogP contribution in [0.4, 0.5) is 17.2 Å². The fourth-order valence-electron chi connectivity index (χ4n) is 2.50. The normalized spacial score (nSPS) is 10.1. The van der Waals surface area contributed by atoms with E-state index in [4.69, 9.17) is 9.47 Å². The van der Waals surface area contributed by atoms with Crippen LogP contribution in [-0.4, -0.2) is 24.6 Å². The molecule has 0 aliphatic carbocycles. The number of carbonyl (C=O) groups excluding carboxylic acids is 1. The second kappa shape index (κ2) is 8.71. The summed E-state index contributed by atoms with van der Waals surface area (Å²) >= 11 is 0. The maximum atomic E-state index is 12.3. The van der Waals surface area contributed by atoms with Crippen LogP contribution < -0.4 is 20.1 Å². The number of aromatic nitrogens is 1. The van der Waals surface area contributed by atoms with Crippen LogP contribution in [0.15, 0.2) is 66.9 Å². The van der Waals surface area contributed by atoms with E-state index >= 15 is 0 Å². The monoisotopic (exact) mass is 363 g/mol. The van der Waals surface area contributed by atoms with Gasteiger partial charge < -0.3 is 20.1 Å². The van der Waals surface area contributed by atoms with E-state index in [1.165, 1.54) is 0 Å². The minimum Gasteiger partial charge on any atom is -0.497 e. The number of para-hydroxylation sites is 2. The van der Waals surface area contributed by atoms with E-state index in [-0.39, 0.29) is 5.91 Å². The fourth-order valence-corrected chi connectivity index (χ4v) is 2.50. The number of rotatable bonds is 7. The molecule has 27 heavy (non-hydrogen) atoms. The van der Waals surface area contributed by atoms with Crippen LogP contribution in [0.5, 0.6) is 11.5 Å². The van der Waals surface area contributed by atoms with Crippen molar-refractivity contribution in [2.75, 3.05) is 24.4 Å². The SMILES string of the molecule is CCOc1ccccc1Nc1ccc(NC(=O)c2cccc(OC)c2)nc1. The summed E-state index contributed by atoms with van der Waals surface area (Å²) < 4.78 is 10.7. The van der Waals surface area contributed by atoms with Crippen molar-refractivity contribution in [2.24, 2.45) is 0 Å². The highest BCUT2D eigenvalue weighted by molar-refractivity contribution is 6.04. The summed E-state index contributed by atoms with van der Waals surface area (Å²) in [6.45, 7) is 2.53. The molecule has 0 aliphatic rings. The molecule has 1 heterocycles. The largest absolute Gasteiger partial charge is 0.497 e. The van der Waals surface area contributed by atoms with Crippen LogP contribution in [0.25, 0.3) is 0 Å². The molecule has 138 valence electrons. The molecule has 0 saturated heterocycles. The molecule has 1 aromatic heterocycles. The fraction of sp³-hybridized carbons (Fsp3) is 0.143. The van der Waals surface area contributed by atoms with E-state index in [0.717, 1.165) is 17.1 Å². The number of amides is 1. The summed E-state index contributed by atoms with van der Waals surface area (Å²) in [5, 5.41) is 6.04. The number of nitrogens with zero attached hydrogens (tertiary/aromatic N) is 1. The predicted octanol–water partition coefficient (Wildman–Crippen LogP) is 4.48. The van der Waals surface area contributed by atoms with Gasteiger partial charge in [-0.1, -0.05) is 18.2 Å². The lowest BCUT2D eigenvalue weighted by atomic mass is 10.2. The minimum absolute atomic E-state index is 0.246. The number of hydrogen-bond donors (Lipinski definition) is 2. The lowest BCUT2D eigenvalue weighted by Gasteiger charge is -2.12. The summed E-state index contributed by atoms with van der Waals surface area (Å²) in [5.41, 5.74) is 2.15. The number of nitrogens with one attached hydrogen (secondary N) is 2. The Labute approximate surface area is 158 Å². The van der Waals surface area contributed by atoms with Crippen molar-refractivity contribution in [2.45, 2.75) is 6.92 Å². The standard InChI is InChI=1S/C21H21N3O3/c1-3-27-19-10-5-4-9-18(19)23-16-11-12-20(22-14-16)24-21(25)15-7-6-8-17(13-15)26-2/h4-14,23H,3H2,1-2H3,(H,22,24,25). The first-order valence-corrected chi connectivity index (χ1v) is 8.60. The zero-order chi connectivity index (χ0) is 19.1. The van der Waals surface area contributed by atoms with E-state index < -0.39 is 0 Å². The van der Waals surface area contributed by atoms with E-state index in [9.17, 15) is 4.79 Å². The van der Waals surface area contributed by atoms with Gasteiger partial charge >= 0.3 is 0 Å². The smallest absolute Gasteiger partial charge is 0.256 e. The molecule has 0 aliphatic heterocycles. The minimum atomic E-state index is -0.246. The maximum absolute atomic E-state index is 12.3. The lowest BCUT2D eigenvalue weighted by molar-refractivity contribution is 0.102. The highest BCUT2D eigenvalue weighted by Gasteiger charge is 2.08. The van der Waals surface area contributed by atoms with Crippen LogP contribution in [-0.2, 0) is 0 Å². The molecule has 6 heteroatoms. The average molecular weight is 363 g/mol. The number of carbonyl (C=O) groups is 1. The maximum Gasteiger partial charge on any atom is 0.256 e. The molecule has 2 N–H and O–H groups in total. The second-order valence-corrected chi connectivity index (χ2v) is 5.67. The Bertz CT molecular complexity index is 911. The van der Waals surface area contributed by atoms with E-state index in [1.807, 2.05) is 37.3 Å². The van der Waals surface area contributed by atoms with Gasteiger partial charge in [-0.3, -0.25) is 4.79 Å². The Hall–Kier alpha value is -3.54. The number of anilines is 3. The zero-order valence-corrected chi connectivity index (χ0v) is 15.2. The molecule has 0 bridgehead atoms. The summed E-state index contributed by atoms with van der Waals surface area (Å²) in [6.07, 6.45) is 1.66. The third-order valence-electron chi connectivity index (χ3n) is 3.80. The zero-order valence-electron chi connectivity index (χ0n) is 15.2. The molecular weight excluding hydrogens is 342 g/mol. The van der Waals surface area contributed by atoms with Crippen molar-refractivity contribution < 1.29 is 14.3 Å². The first-order chi connectivity index (χ1) is 13.2. The van der Waals surface area contributed by atoms with Crippen LogP contribution in [0.1, 0.15) is 17.3 Å². The lowest BCUT2D eigenvalue weighted by Crippen LogP contribution is -2.13. The highest BCUT2D eigenvalue weighted by atomic mass is 16.5. The summed E-state index contributed by atoms with van der Waals surface area (Å²) in [4.78, 5) is 16.6. The number of methoxy groups -OCH3 is 1. The van der Waals surface area contributed by atoms with Gasteiger partial charge in [-0.2, -0.15) is 0 Å². The van der Waals surface area contributed by atoms with Gasteiger partial charge in [0.05, 0.1) is 31.3 Å². The Morgan fingerprint density at radius 2 is 1.93 bits per heavy atom. The van der Waals surface area contributed by atoms with Crippen molar-refractivity contribution in [3.05, 3.63) is 72.4 Å². The Kier molecular flexibility index (Phi) is 5.89. The molecule has 3 rings (SSSR count). The molecule has 6 nitrogen and oxygen atoms in total. The van der Waals surface area contributed by atoms with Crippen LogP contribution in [0.3, 0.4) is 0 Å². The Morgan fingerprint density at radius 3 is 2.67 bits per heavy atom. The van der Waals surface area contributed by atoms with E-state index in [2.05, 4.69) is 15.6 Å². The predicted molar refractivity (Wildman–Crippen MR) is 106 cm³/mol. The second-order valence-electron chi connectivity index (χ2n) is 5.67. The molecule has 0 spiro atoms. The first-order valence-electron chi connectivity index (χ1n) is 8.60. The van der Waals surface area contributed by atoms with Crippen molar-refractivity contribution >= 4 is 23.1 Å². The van der Waals surface area contributed by atoms with Gasteiger partial charge in [-0.05, 0) is 49.4 Å². The number of pyridine rings is 1. The van der Waals surface area contributed by atoms with Gasteiger partial charge in [-0.15, -0.1) is 0 Å². The Balaban J connectivity index is 1.67. The molecule has 0 saturated carbocycles. The molecular formula is C21H21N3O3. The van der Waals surface area contributed by atoms with Gasteiger partial charge in [0, 0.05) is 5.56 Å². The quantitative estimate of drug-likeness (QED) is 0.647. The first kappa shape index (κ1) is 18.3. The van der Waals surface area contributed by atoms with Gasteiger partial charge in [0.15, 0.2) is 0 Å². The molecule has 3 aromatic rings. The van der Waals surface area contributed by atoms with Crippen LogP contribution in [0, 0.1) is 0 Å². The van der Waals surface area contributed by atoms with Crippen molar-refractivity contribution in [3.8, 4) is 11.5 Å². The molecule has 0 fully saturated rings. The van der Waals surface area contributed by atoms with E-state index in [0.29, 0.717) is 23.7 Å². The van der Waals surface area contributed by atoms with Crippen LogP contribution in [0.2, 0.25) is 0 Å². The van der Waals surface area contributed by atoms with Crippen molar-refractivity contribution in [1.82, 2.24) is 4.98 Å². The summed E-state index contributed by atoms with van der Waals surface area (Å²) in [6, 6.07) is 18.2. The Morgan fingerprint density at radius 1 is 1.07 bits per heavy atom. The third kappa shape index (κ3) is 4.76. The van der Waals surface area contributed by atoms with E-state index in [1.54, 1.807) is 43.6 Å². The van der Waals surface area contributed by atoms with Crippen molar-refractivity contribution in [1.29, 1.82) is 0 Å². The summed E-state index contributed by atoms with van der Waals surface area (Å²) in [7, 11) is 1.56. The van der Waals surface area contributed by atoms with Gasteiger partial charge in [0.2, 0.25) is 0 Å². The number of benzene rings is 2. The van der Waals surface area contributed by atoms with Crippen LogP contribution >= 0.6 is 0 Å². The molecule has 0 radical (unpaired) electrons. The molecule has 2 aromatic carbocycles.